The molecule has 0 saturated heterocycles. The van der Waals surface area contributed by atoms with Crippen LogP contribution in [0.4, 0.5) is 0 Å². The zero-order valence-electron chi connectivity index (χ0n) is 11.5. The Bertz CT molecular complexity index is 820. The molecule has 21 heavy (non-hydrogen) atoms. The number of hydrogen-bond acceptors (Lipinski definition) is 3. The maximum atomic E-state index is 11.8. The fourth-order valence-corrected chi connectivity index (χ4v) is 2.05. The van der Waals surface area contributed by atoms with Crippen molar-refractivity contribution in [2.45, 2.75) is 6.92 Å². The van der Waals surface area contributed by atoms with Crippen molar-refractivity contribution in [2.75, 3.05) is 0 Å². The minimum Gasteiger partial charge on any atom is -0.282 e. The van der Waals surface area contributed by atoms with Crippen molar-refractivity contribution < 1.29 is 4.79 Å². The van der Waals surface area contributed by atoms with Gasteiger partial charge in [0.25, 0.3) is 5.91 Å². The Balaban J connectivity index is 1.71. The van der Waals surface area contributed by atoms with Gasteiger partial charge >= 0.3 is 0 Å². The lowest BCUT2D eigenvalue weighted by molar-refractivity contribution is 0.0950. The van der Waals surface area contributed by atoms with Crippen LogP contribution in [0.2, 0.25) is 0 Å². The van der Waals surface area contributed by atoms with Crippen LogP contribution >= 0.6 is 0 Å². The molecular weight excluding hydrogens is 264 g/mol. The summed E-state index contributed by atoms with van der Waals surface area (Å²) in [5.74, 6) is -0.337. The van der Waals surface area contributed by atoms with Crippen LogP contribution in [0.15, 0.2) is 53.6 Å². The van der Waals surface area contributed by atoms with E-state index in [9.17, 15) is 4.79 Å². The van der Waals surface area contributed by atoms with Gasteiger partial charge < -0.3 is 0 Å². The van der Waals surface area contributed by atoms with Gasteiger partial charge in [0.2, 0.25) is 0 Å². The van der Waals surface area contributed by atoms with Crippen molar-refractivity contribution in [2.24, 2.45) is 5.10 Å². The standard InChI is InChI=1S/C16H14N4O/c1-11-8-15(19-18-11)16(21)20-17-10-12-6-7-13-4-2-3-5-14(13)9-12/h2-10H,1H3,(H,18,19)(H,20,21). The quantitative estimate of drug-likeness (QED) is 0.571. The van der Waals surface area contributed by atoms with Gasteiger partial charge in [0, 0.05) is 5.69 Å². The van der Waals surface area contributed by atoms with E-state index in [1.807, 2.05) is 43.3 Å². The summed E-state index contributed by atoms with van der Waals surface area (Å²) in [6, 6.07) is 15.7. The number of rotatable bonds is 3. The first-order chi connectivity index (χ1) is 10.2. The summed E-state index contributed by atoms with van der Waals surface area (Å²) >= 11 is 0. The maximum absolute atomic E-state index is 11.8. The highest BCUT2D eigenvalue weighted by Gasteiger charge is 2.07. The molecule has 0 atom stereocenters. The van der Waals surface area contributed by atoms with E-state index in [1.165, 1.54) is 5.39 Å². The summed E-state index contributed by atoms with van der Waals surface area (Å²) in [5, 5.41) is 12.8. The number of H-pyrrole nitrogens is 1. The number of amides is 1. The predicted molar refractivity (Wildman–Crippen MR) is 82.3 cm³/mol. The number of hydrogen-bond donors (Lipinski definition) is 2. The van der Waals surface area contributed by atoms with Gasteiger partial charge in [0.15, 0.2) is 5.69 Å². The van der Waals surface area contributed by atoms with Crippen molar-refractivity contribution in [3.8, 4) is 0 Å². The molecule has 1 amide bonds. The first-order valence-electron chi connectivity index (χ1n) is 6.56. The molecule has 0 fully saturated rings. The molecule has 2 aromatic carbocycles. The number of carbonyl (C=O) groups excluding carboxylic acids is 1. The second kappa shape index (κ2) is 5.58. The molecule has 2 N–H and O–H groups in total. The van der Waals surface area contributed by atoms with Crippen molar-refractivity contribution in [3.05, 3.63) is 65.5 Å². The minimum atomic E-state index is -0.337. The molecule has 0 aliphatic heterocycles. The lowest BCUT2D eigenvalue weighted by Crippen LogP contribution is -2.17. The highest BCUT2D eigenvalue weighted by Crippen LogP contribution is 2.14. The number of nitrogens with one attached hydrogen (secondary N) is 2. The topological polar surface area (TPSA) is 70.1 Å². The summed E-state index contributed by atoms with van der Waals surface area (Å²) in [6.07, 6.45) is 1.61. The van der Waals surface area contributed by atoms with E-state index in [2.05, 4.69) is 26.8 Å². The lowest BCUT2D eigenvalue weighted by atomic mass is 10.1. The first kappa shape index (κ1) is 13.1. The number of aromatic amines is 1. The number of carbonyl (C=O) groups is 1. The third-order valence-corrected chi connectivity index (χ3v) is 3.09. The van der Waals surface area contributed by atoms with Crippen LogP contribution in [-0.4, -0.2) is 22.3 Å². The summed E-state index contributed by atoms with van der Waals surface area (Å²) in [6.45, 7) is 1.84. The van der Waals surface area contributed by atoms with Crippen LogP contribution in [-0.2, 0) is 0 Å². The van der Waals surface area contributed by atoms with Crippen molar-refractivity contribution in [1.29, 1.82) is 0 Å². The van der Waals surface area contributed by atoms with Crippen molar-refractivity contribution in [1.82, 2.24) is 15.6 Å². The lowest BCUT2D eigenvalue weighted by Gasteiger charge is -1.99. The normalized spacial score (nSPS) is 11.1. The SMILES string of the molecule is Cc1cc(C(=O)NN=Cc2ccc3ccccc3c2)n[nH]1. The van der Waals surface area contributed by atoms with Crippen molar-refractivity contribution >= 4 is 22.9 Å². The van der Waals surface area contributed by atoms with E-state index in [0.29, 0.717) is 5.69 Å². The Morgan fingerprint density at radius 2 is 2.00 bits per heavy atom. The minimum absolute atomic E-state index is 0.322. The van der Waals surface area contributed by atoms with Gasteiger partial charge in [-0.2, -0.15) is 10.2 Å². The highest BCUT2D eigenvalue weighted by atomic mass is 16.2. The molecule has 0 aliphatic rings. The summed E-state index contributed by atoms with van der Waals surface area (Å²) < 4.78 is 0. The number of nitrogens with zero attached hydrogens (tertiary/aromatic N) is 2. The molecule has 0 bridgehead atoms. The van der Waals surface area contributed by atoms with E-state index in [0.717, 1.165) is 16.6 Å². The summed E-state index contributed by atoms with van der Waals surface area (Å²) in [4.78, 5) is 11.8. The summed E-state index contributed by atoms with van der Waals surface area (Å²) in [7, 11) is 0. The van der Waals surface area contributed by atoms with Gasteiger partial charge in [-0.25, -0.2) is 5.43 Å². The molecule has 0 aliphatic carbocycles. The van der Waals surface area contributed by atoms with Gasteiger partial charge in [-0.1, -0.05) is 36.4 Å². The Labute approximate surface area is 121 Å². The molecule has 0 spiro atoms. The fourth-order valence-electron chi connectivity index (χ4n) is 2.05. The van der Waals surface area contributed by atoms with Crippen LogP contribution in [0.3, 0.4) is 0 Å². The second-order valence-corrected chi connectivity index (χ2v) is 4.74. The van der Waals surface area contributed by atoms with Crippen LogP contribution in [0.25, 0.3) is 10.8 Å². The van der Waals surface area contributed by atoms with E-state index >= 15 is 0 Å². The fraction of sp³-hybridized carbons (Fsp3) is 0.0625. The Hall–Kier alpha value is -2.95. The first-order valence-corrected chi connectivity index (χ1v) is 6.56. The molecular formula is C16H14N4O. The number of hydrazone groups is 1. The van der Waals surface area contributed by atoms with Gasteiger partial charge in [-0.15, -0.1) is 0 Å². The zero-order valence-corrected chi connectivity index (χ0v) is 11.5. The largest absolute Gasteiger partial charge is 0.291 e. The number of benzene rings is 2. The van der Waals surface area contributed by atoms with Crippen LogP contribution in [0.1, 0.15) is 21.7 Å². The van der Waals surface area contributed by atoms with Gasteiger partial charge in [-0.05, 0) is 35.4 Å². The molecule has 3 aromatic rings. The molecule has 0 unspecified atom stereocenters. The van der Waals surface area contributed by atoms with Crippen LogP contribution in [0.5, 0.6) is 0 Å². The number of aromatic nitrogens is 2. The average Bonchev–Trinajstić information content (AvgIpc) is 2.94. The molecule has 5 nitrogen and oxygen atoms in total. The molecule has 1 aromatic heterocycles. The van der Waals surface area contributed by atoms with Crippen molar-refractivity contribution in [3.63, 3.8) is 0 Å². The highest BCUT2D eigenvalue weighted by molar-refractivity contribution is 5.94. The second-order valence-electron chi connectivity index (χ2n) is 4.74. The molecule has 1 heterocycles. The molecule has 0 radical (unpaired) electrons. The molecule has 0 saturated carbocycles. The number of aryl methyl sites for hydroxylation is 1. The predicted octanol–water partition coefficient (Wildman–Crippen LogP) is 2.64. The Kier molecular flexibility index (Phi) is 3.47. The Morgan fingerprint density at radius 3 is 2.76 bits per heavy atom. The van der Waals surface area contributed by atoms with Gasteiger partial charge in [0.05, 0.1) is 6.21 Å². The number of fused-ring (bicyclic) bond motifs is 1. The maximum Gasteiger partial charge on any atom is 0.291 e. The molecule has 3 rings (SSSR count). The zero-order chi connectivity index (χ0) is 14.7. The van der Waals surface area contributed by atoms with E-state index < -0.39 is 0 Å². The average molecular weight is 278 g/mol. The van der Waals surface area contributed by atoms with Crippen LogP contribution < -0.4 is 5.43 Å². The van der Waals surface area contributed by atoms with Gasteiger partial charge in [0.1, 0.15) is 0 Å². The van der Waals surface area contributed by atoms with E-state index in [-0.39, 0.29) is 5.91 Å². The van der Waals surface area contributed by atoms with Crippen LogP contribution in [0, 0.1) is 6.92 Å². The third-order valence-electron chi connectivity index (χ3n) is 3.09. The van der Waals surface area contributed by atoms with E-state index in [4.69, 9.17) is 0 Å². The molecule has 5 heteroatoms. The molecule has 104 valence electrons. The summed E-state index contributed by atoms with van der Waals surface area (Å²) in [5.41, 5.74) is 4.53. The third kappa shape index (κ3) is 2.97. The Morgan fingerprint density at radius 1 is 1.19 bits per heavy atom. The smallest absolute Gasteiger partial charge is 0.282 e. The van der Waals surface area contributed by atoms with E-state index in [1.54, 1.807) is 12.3 Å². The monoisotopic (exact) mass is 278 g/mol. The van der Waals surface area contributed by atoms with Gasteiger partial charge in [-0.3, -0.25) is 9.89 Å².